The molecule has 0 unspecified atom stereocenters. The Morgan fingerprint density at radius 2 is 2.00 bits per heavy atom. The molecule has 3 atom stereocenters. The van der Waals surface area contributed by atoms with Crippen molar-refractivity contribution in [2.45, 2.75) is 25.1 Å². The summed E-state index contributed by atoms with van der Waals surface area (Å²) in [5.41, 5.74) is 1.00. The normalized spacial score (nSPS) is 30.7. The molecule has 82 valence electrons. The minimum absolute atomic E-state index is 0.126. The van der Waals surface area contributed by atoms with Crippen molar-refractivity contribution in [3.63, 3.8) is 0 Å². The SMILES string of the molecule is O[C@@H]1CO[C@@H](O)[C@@H]1OCc1ccccc1. The maximum Gasteiger partial charge on any atom is 0.183 e. The highest BCUT2D eigenvalue weighted by molar-refractivity contribution is 5.13. The second-order valence-electron chi connectivity index (χ2n) is 3.55. The van der Waals surface area contributed by atoms with Crippen molar-refractivity contribution in [2.75, 3.05) is 6.61 Å². The van der Waals surface area contributed by atoms with Gasteiger partial charge in [0, 0.05) is 0 Å². The maximum atomic E-state index is 9.43. The average molecular weight is 210 g/mol. The first-order valence-electron chi connectivity index (χ1n) is 4.90. The Balaban J connectivity index is 1.88. The van der Waals surface area contributed by atoms with Crippen molar-refractivity contribution >= 4 is 0 Å². The predicted molar refractivity (Wildman–Crippen MR) is 53.0 cm³/mol. The van der Waals surface area contributed by atoms with Crippen molar-refractivity contribution < 1.29 is 19.7 Å². The van der Waals surface area contributed by atoms with Crippen LogP contribution in [0.5, 0.6) is 0 Å². The van der Waals surface area contributed by atoms with E-state index in [4.69, 9.17) is 9.47 Å². The molecule has 0 saturated carbocycles. The number of aliphatic hydroxyl groups excluding tert-OH is 2. The highest BCUT2D eigenvalue weighted by atomic mass is 16.7. The van der Waals surface area contributed by atoms with E-state index < -0.39 is 18.5 Å². The Morgan fingerprint density at radius 3 is 2.60 bits per heavy atom. The van der Waals surface area contributed by atoms with Gasteiger partial charge in [-0.05, 0) is 5.56 Å². The van der Waals surface area contributed by atoms with Crippen molar-refractivity contribution in [3.05, 3.63) is 35.9 Å². The van der Waals surface area contributed by atoms with Crippen LogP contribution in [0.15, 0.2) is 30.3 Å². The van der Waals surface area contributed by atoms with E-state index in [0.717, 1.165) is 5.56 Å². The van der Waals surface area contributed by atoms with E-state index in [1.807, 2.05) is 30.3 Å². The Kier molecular flexibility index (Phi) is 3.33. The molecule has 0 aromatic heterocycles. The number of hydrogen-bond acceptors (Lipinski definition) is 4. The average Bonchev–Trinajstić information content (AvgIpc) is 2.58. The fraction of sp³-hybridized carbons (Fsp3) is 0.455. The molecule has 1 aliphatic rings. The number of ether oxygens (including phenoxy) is 2. The van der Waals surface area contributed by atoms with Gasteiger partial charge in [0.2, 0.25) is 0 Å². The summed E-state index contributed by atoms with van der Waals surface area (Å²) in [5.74, 6) is 0. The van der Waals surface area contributed by atoms with Crippen LogP contribution in [0.1, 0.15) is 5.56 Å². The molecule has 4 heteroatoms. The molecule has 1 aromatic carbocycles. The fourth-order valence-electron chi connectivity index (χ4n) is 1.54. The van der Waals surface area contributed by atoms with Crippen LogP contribution in [0.4, 0.5) is 0 Å². The van der Waals surface area contributed by atoms with Crippen LogP contribution in [0.25, 0.3) is 0 Å². The van der Waals surface area contributed by atoms with E-state index in [-0.39, 0.29) is 6.61 Å². The molecule has 1 saturated heterocycles. The Labute approximate surface area is 88.1 Å². The van der Waals surface area contributed by atoms with E-state index >= 15 is 0 Å². The summed E-state index contributed by atoms with van der Waals surface area (Å²) >= 11 is 0. The van der Waals surface area contributed by atoms with Gasteiger partial charge >= 0.3 is 0 Å². The molecule has 4 nitrogen and oxygen atoms in total. The van der Waals surface area contributed by atoms with Gasteiger partial charge in [0.15, 0.2) is 6.29 Å². The summed E-state index contributed by atoms with van der Waals surface area (Å²) in [4.78, 5) is 0. The van der Waals surface area contributed by atoms with E-state index in [9.17, 15) is 10.2 Å². The van der Waals surface area contributed by atoms with Crippen LogP contribution in [0.2, 0.25) is 0 Å². The van der Waals surface area contributed by atoms with E-state index in [1.165, 1.54) is 0 Å². The second kappa shape index (κ2) is 4.72. The molecular weight excluding hydrogens is 196 g/mol. The minimum Gasteiger partial charge on any atom is -0.388 e. The first kappa shape index (κ1) is 10.6. The molecule has 0 radical (unpaired) electrons. The van der Waals surface area contributed by atoms with Gasteiger partial charge in [-0.2, -0.15) is 0 Å². The molecule has 2 N–H and O–H groups in total. The van der Waals surface area contributed by atoms with Crippen LogP contribution >= 0.6 is 0 Å². The van der Waals surface area contributed by atoms with Crippen LogP contribution in [0.3, 0.4) is 0 Å². The van der Waals surface area contributed by atoms with Gasteiger partial charge in [-0.25, -0.2) is 0 Å². The zero-order valence-electron chi connectivity index (χ0n) is 8.24. The lowest BCUT2D eigenvalue weighted by Crippen LogP contribution is -2.32. The van der Waals surface area contributed by atoms with Crippen LogP contribution in [-0.2, 0) is 16.1 Å². The second-order valence-corrected chi connectivity index (χ2v) is 3.55. The van der Waals surface area contributed by atoms with Crippen LogP contribution in [-0.4, -0.2) is 35.3 Å². The molecule has 1 aromatic rings. The largest absolute Gasteiger partial charge is 0.388 e. The summed E-state index contributed by atoms with van der Waals surface area (Å²) in [6.07, 6.45) is -2.42. The van der Waals surface area contributed by atoms with Gasteiger partial charge < -0.3 is 19.7 Å². The molecular formula is C11H14O4. The molecule has 1 fully saturated rings. The predicted octanol–water partition coefficient (Wildman–Crippen LogP) is 0.281. The molecule has 0 bridgehead atoms. The zero-order valence-corrected chi connectivity index (χ0v) is 8.24. The number of aliphatic hydroxyl groups is 2. The summed E-state index contributed by atoms with van der Waals surface area (Å²) in [6, 6.07) is 9.60. The molecule has 1 aliphatic heterocycles. The van der Waals surface area contributed by atoms with Gasteiger partial charge in [0.1, 0.15) is 12.2 Å². The highest BCUT2D eigenvalue weighted by Crippen LogP contribution is 2.17. The highest BCUT2D eigenvalue weighted by Gasteiger charge is 2.35. The monoisotopic (exact) mass is 210 g/mol. The lowest BCUT2D eigenvalue weighted by Gasteiger charge is -2.16. The van der Waals surface area contributed by atoms with Gasteiger partial charge in [0.05, 0.1) is 13.2 Å². The summed E-state index contributed by atoms with van der Waals surface area (Å²) in [6.45, 7) is 0.490. The molecule has 2 rings (SSSR count). The standard InChI is InChI=1S/C11H14O4/c12-9-7-15-11(13)10(9)14-6-8-4-2-1-3-5-8/h1-5,9-13H,6-7H2/t9-,10-,11-/m1/s1. The van der Waals surface area contributed by atoms with Gasteiger partial charge in [-0.1, -0.05) is 30.3 Å². The quantitative estimate of drug-likeness (QED) is 0.752. The van der Waals surface area contributed by atoms with Crippen LogP contribution in [0, 0.1) is 0 Å². The van der Waals surface area contributed by atoms with Gasteiger partial charge in [-0.15, -0.1) is 0 Å². The number of hydrogen-bond donors (Lipinski definition) is 2. The van der Waals surface area contributed by atoms with Crippen molar-refractivity contribution in [3.8, 4) is 0 Å². The van der Waals surface area contributed by atoms with Crippen molar-refractivity contribution in [2.24, 2.45) is 0 Å². The van der Waals surface area contributed by atoms with E-state index in [1.54, 1.807) is 0 Å². The van der Waals surface area contributed by atoms with Gasteiger partial charge in [0.25, 0.3) is 0 Å². The lowest BCUT2D eigenvalue weighted by molar-refractivity contribution is -0.138. The summed E-state index contributed by atoms with van der Waals surface area (Å²) < 4.78 is 10.2. The maximum absolute atomic E-state index is 9.43. The Morgan fingerprint density at radius 1 is 1.27 bits per heavy atom. The Hall–Kier alpha value is -0.940. The molecule has 0 aliphatic carbocycles. The van der Waals surface area contributed by atoms with E-state index in [2.05, 4.69) is 0 Å². The van der Waals surface area contributed by atoms with E-state index in [0.29, 0.717) is 6.61 Å². The first-order valence-corrected chi connectivity index (χ1v) is 4.90. The zero-order chi connectivity index (χ0) is 10.7. The number of benzene rings is 1. The lowest BCUT2D eigenvalue weighted by atomic mass is 10.2. The summed E-state index contributed by atoms with van der Waals surface area (Å²) in [5, 5.41) is 18.8. The van der Waals surface area contributed by atoms with Crippen molar-refractivity contribution in [1.82, 2.24) is 0 Å². The fourth-order valence-corrected chi connectivity index (χ4v) is 1.54. The topological polar surface area (TPSA) is 58.9 Å². The third-order valence-electron chi connectivity index (χ3n) is 2.38. The van der Waals surface area contributed by atoms with Crippen molar-refractivity contribution in [1.29, 1.82) is 0 Å². The Bertz CT molecular complexity index is 291. The van der Waals surface area contributed by atoms with Crippen LogP contribution < -0.4 is 0 Å². The molecule has 1 heterocycles. The number of rotatable bonds is 3. The third kappa shape index (κ3) is 2.54. The molecule has 0 spiro atoms. The smallest absolute Gasteiger partial charge is 0.183 e. The molecule has 15 heavy (non-hydrogen) atoms. The van der Waals surface area contributed by atoms with Gasteiger partial charge in [-0.3, -0.25) is 0 Å². The minimum atomic E-state index is -1.02. The first-order chi connectivity index (χ1) is 7.27. The molecule has 0 amide bonds. The third-order valence-corrected chi connectivity index (χ3v) is 2.38. The summed E-state index contributed by atoms with van der Waals surface area (Å²) in [7, 11) is 0.